The number of allylic oxidation sites excluding steroid dienone is 1. The molecule has 2 N–H and O–H groups in total. The van der Waals surface area contributed by atoms with Crippen LogP contribution in [-0.2, 0) is 10.0 Å². The Morgan fingerprint density at radius 3 is 2.42 bits per heavy atom. The molecule has 19 heavy (non-hydrogen) atoms. The maximum Gasteiger partial charge on any atom is 0.253 e. The first-order valence-corrected chi connectivity index (χ1v) is 7.40. The van der Waals surface area contributed by atoms with E-state index in [0.29, 0.717) is 12.1 Å². The van der Waals surface area contributed by atoms with Crippen molar-refractivity contribution in [3.05, 3.63) is 42.5 Å². The van der Waals surface area contributed by atoms with E-state index in [1.807, 2.05) is 0 Å². The van der Waals surface area contributed by atoms with Gasteiger partial charge in [-0.25, -0.2) is 13.6 Å². The summed E-state index contributed by atoms with van der Waals surface area (Å²) in [5.41, 5.74) is 0.438. The largest absolute Gasteiger partial charge is 0.342 e. The molecule has 0 atom stereocenters. The lowest BCUT2D eigenvalue weighted by molar-refractivity contribution is 0.0793. The number of unbranched alkanes of at least 4 members (excludes halogenated alkanes) is 1. The summed E-state index contributed by atoms with van der Waals surface area (Å²) in [5.74, 6) is -0.148. The molecule has 0 aliphatic heterocycles. The highest BCUT2D eigenvalue weighted by molar-refractivity contribution is 7.89. The van der Waals surface area contributed by atoms with Gasteiger partial charge in [0.2, 0.25) is 10.0 Å². The van der Waals surface area contributed by atoms with E-state index >= 15 is 0 Å². The molecule has 0 radical (unpaired) electrons. The van der Waals surface area contributed by atoms with Crippen LogP contribution >= 0.6 is 0 Å². The van der Waals surface area contributed by atoms with Gasteiger partial charge in [-0.15, -0.1) is 6.58 Å². The minimum Gasteiger partial charge on any atom is -0.342 e. The van der Waals surface area contributed by atoms with Crippen LogP contribution in [-0.4, -0.2) is 32.8 Å². The molecular formula is C13H18N2O3S. The number of nitrogens with two attached hydrogens (primary N) is 1. The SMILES string of the molecule is C=CCCCN(C)C(=O)c1ccc(S(N)(=O)=O)cc1. The first kappa shape index (κ1) is 15.4. The molecule has 1 aromatic carbocycles. The zero-order valence-electron chi connectivity index (χ0n) is 10.9. The molecule has 0 saturated heterocycles. The van der Waals surface area contributed by atoms with Crippen molar-refractivity contribution in [2.24, 2.45) is 5.14 Å². The number of nitrogens with zero attached hydrogens (tertiary/aromatic N) is 1. The number of hydrogen-bond acceptors (Lipinski definition) is 3. The summed E-state index contributed by atoms with van der Waals surface area (Å²) in [6.45, 7) is 4.25. The Bertz CT molecular complexity index is 550. The lowest BCUT2D eigenvalue weighted by Crippen LogP contribution is -2.27. The van der Waals surface area contributed by atoms with E-state index in [9.17, 15) is 13.2 Å². The smallest absolute Gasteiger partial charge is 0.253 e. The van der Waals surface area contributed by atoms with Crippen LogP contribution in [0.2, 0.25) is 0 Å². The van der Waals surface area contributed by atoms with Crippen LogP contribution in [0.5, 0.6) is 0 Å². The molecule has 6 heteroatoms. The van der Waals surface area contributed by atoms with E-state index in [2.05, 4.69) is 6.58 Å². The molecule has 0 aliphatic rings. The minimum atomic E-state index is -3.72. The molecule has 104 valence electrons. The summed E-state index contributed by atoms with van der Waals surface area (Å²) in [4.78, 5) is 13.6. The summed E-state index contributed by atoms with van der Waals surface area (Å²) in [6.07, 6.45) is 3.50. The number of carbonyl (C=O) groups is 1. The van der Waals surface area contributed by atoms with E-state index in [1.165, 1.54) is 24.3 Å². The van der Waals surface area contributed by atoms with Crippen LogP contribution in [0.4, 0.5) is 0 Å². The van der Waals surface area contributed by atoms with Gasteiger partial charge in [0.1, 0.15) is 0 Å². The maximum atomic E-state index is 12.0. The average Bonchev–Trinajstić information content (AvgIpc) is 2.37. The molecule has 0 spiro atoms. The van der Waals surface area contributed by atoms with E-state index in [-0.39, 0.29) is 10.8 Å². The molecule has 5 nitrogen and oxygen atoms in total. The molecule has 0 unspecified atom stereocenters. The third kappa shape index (κ3) is 4.50. The lowest BCUT2D eigenvalue weighted by Gasteiger charge is -2.16. The van der Waals surface area contributed by atoms with E-state index < -0.39 is 10.0 Å². The number of primary sulfonamides is 1. The van der Waals surface area contributed by atoms with Crippen LogP contribution in [0.25, 0.3) is 0 Å². The van der Waals surface area contributed by atoms with Crippen LogP contribution in [0.3, 0.4) is 0 Å². The van der Waals surface area contributed by atoms with Gasteiger partial charge < -0.3 is 4.90 Å². The Labute approximate surface area is 113 Å². The van der Waals surface area contributed by atoms with E-state index in [1.54, 1.807) is 18.0 Å². The molecule has 0 aliphatic carbocycles. The van der Waals surface area contributed by atoms with Crippen LogP contribution in [0.15, 0.2) is 41.8 Å². The Kier molecular flexibility index (Phi) is 5.26. The van der Waals surface area contributed by atoms with Gasteiger partial charge >= 0.3 is 0 Å². The Morgan fingerprint density at radius 1 is 1.37 bits per heavy atom. The Hall–Kier alpha value is -1.66. The third-order valence-electron chi connectivity index (χ3n) is 2.68. The maximum absolute atomic E-state index is 12.0. The molecule has 0 fully saturated rings. The van der Waals surface area contributed by atoms with Gasteiger partial charge in [0.05, 0.1) is 4.90 Å². The zero-order chi connectivity index (χ0) is 14.5. The second kappa shape index (κ2) is 6.49. The summed E-state index contributed by atoms with van der Waals surface area (Å²) >= 11 is 0. The standard InChI is InChI=1S/C13H18N2O3S/c1-3-4-5-10-15(2)13(16)11-6-8-12(9-7-11)19(14,17)18/h3,6-9H,1,4-5,10H2,2H3,(H2,14,17,18). The summed E-state index contributed by atoms with van der Waals surface area (Å²) in [6, 6.07) is 5.60. The third-order valence-corrected chi connectivity index (χ3v) is 3.61. The van der Waals surface area contributed by atoms with E-state index in [0.717, 1.165) is 12.8 Å². The number of hydrogen-bond donors (Lipinski definition) is 1. The predicted octanol–water partition coefficient (Wildman–Crippen LogP) is 1.37. The second-order valence-corrected chi connectivity index (χ2v) is 5.79. The van der Waals surface area contributed by atoms with Crippen LogP contribution < -0.4 is 5.14 Å². The van der Waals surface area contributed by atoms with Crippen molar-refractivity contribution in [1.82, 2.24) is 4.90 Å². The normalized spacial score (nSPS) is 11.1. The van der Waals surface area contributed by atoms with Crippen molar-refractivity contribution in [3.63, 3.8) is 0 Å². The van der Waals surface area contributed by atoms with Crippen LogP contribution in [0, 0.1) is 0 Å². The summed E-state index contributed by atoms with van der Waals surface area (Å²) in [7, 11) is -2.01. The number of carbonyl (C=O) groups excluding carboxylic acids is 1. The molecular weight excluding hydrogens is 264 g/mol. The van der Waals surface area contributed by atoms with Gasteiger partial charge in [-0.3, -0.25) is 4.79 Å². The number of amides is 1. The topological polar surface area (TPSA) is 80.5 Å². The van der Waals surface area contributed by atoms with Crippen LogP contribution in [0.1, 0.15) is 23.2 Å². The zero-order valence-corrected chi connectivity index (χ0v) is 11.7. The first-order chi connectivity index (χ1) is 8.86. The monoisotopic (exact) mass is 282 g/mol. The molecule has 0 saturated carbocycles. The first-order valence-electron chi connectivity index (χ1n) is 5.85. The van der Waals surface area contributed by atoms with Gasteiger partial charge in [-0.2, -0.15) is 0 Å². The minimum absolute atomic E-state index is 0.00152. The molecule has 0 aromatic heterocycles. The van der Waals surface area contributed by atoms with Crippen molar-refractivity contribution < 1.29 is 13.2 Å². The Balaban J connectivity index is 2.75. The van der Waals surface area contributed by atoms with Crippen molar-refractivity contribution in [2.75, 3.05) is 13.6 Å². The highest BCUT2D eigenvalue weighted by Crippen LogP contribution is 2.10. The van der Waals surface area contributed by atoms with Crippen molar-refractivity contribution in [3.8, 4) is 0 Å². The quantitative estimate of drug-likeness (QED) is 0.632. The molecule has 1 aromatic rings. The Morgan fingerprint density at radius 2 is 1.95 bits per heavy atom. The fourth-order valence-electron chi connectivity index (χ4n) is 1.58. The van der Waals surface area contributed by atoms with Crippen molar-refractivity contribution in [1.29, 1.82) is 0 Å². The fourth-order valence-corrected chi connectivity index (χ4v) is 2.10. The second-order valence-electron chi connectivity index (χ2n) is 4.23. The molecule has 1 amide bonds. The highest BCUT2D eigenvalue weighted by atomic mass is 32.2. The molecule has 0 heterocycles. The fraction of sp³-hybridized carbons (Fsp3) is 0.308. The summed E-state index contributed by atoms with van der Waals surface area (Å²) in [5, 5.41) is 4.99. The number of sulfonamides is 1. The van der Waals surface area contributed by atoms with Gasteiger partial charge in [0.15, 0.2) is 0 Å². The number of benzene rings is 1. The lowest BCUT2D eigenvalue weighted by atomic mass is 10.2. The van der Waals surface area contributed by atoms with Gasteiger partial charge in [0, 0.05) is 19.2 Å². The van der Waals surface area contributed by atoms with Crippen molar-refractivity contribution in [2.45, 2.75) is 17.7 Å². The average molecular weight is 282 g/mol. The summed E-state index contributed by atoms with van der Waals surface area (Å²) < 4.78 is 22.2. The van der Waals surface area contributed by atoms with Crippen molar-refractivity contribution >= 4 is 15.9 Å². The number of rotatable bonds is 6. The van der Waals surface area contributed by atoms with Gasteiger partial charge in [-0.1, -0.05) is 6.08 Å². The highest BCUT2D eigenvalue weighted by Gasteiger charge is 2.13. The van der Waals surface area contributed by atoms with Gasteiger partial charge in [-0.05, 0) is 37.1 Å². The van der Waals surface area contributed by atoms with E-state index in [4.69, 9.17) is 5.14 Å². The molecule has 1 rings (SSSR count). The van der Waals surface area contributed by atoms with Gasteiger partial charge in [0.25, 0.3) is 5.91 Å². The predicted molar refractivity (Wildman–Crippen MR) is 74.2 cm³/mol. The molecule has 0 bridgehead atoms.